The minimum absolute atomic E-state index is 0.922. The molecular weight excluding hydrogens is 1740 g/mol. The van der Waals surface area contributed by atoms with E-state index in [2.05, 4.69) is 478 Å². The van der Waals surface area contributed by atoms with Crippen LogP contribution in [0.1, 0.15) is 0 Å². The average molecular weight is 1830 g/mol. The summed E-state index contributed by atoms with van der Waals surface area (Å²) >= 11 is 0. The van der Waals surface area contributed by atoms with Crippen molar-refractivity contribution >= 4 is 218 Å². The van der Waals surface area contributed by atoms with E-state index < -0.39 is 0 Å². The van der Waals surface area contributed by atoms with Crippen molar-refractivity contribution in [1.29, 1.82) is 0 Å². The highest BCUT2D eigenvalue weighted by molar-refractivity contribution is 6.23. The van der Waals surface area contributed by atoms with Gasteiger partial charge in [0.1, 0.15) is 44.7 Å². The van der Waals surface area contributed by atoms with Gasteiger partial charge < -0.3 is 40.5 Å². The van der Waals surface area contributed by atoms with Crippen LogP contribution in [0.2, 0.25) is 0 Å². The summed E-state index contributed by atoms with van der Waals surface area (Å²) in [5.41, 5.74) is 32.6. The maximum absolute atomic E-state index is 6.26. The molecule has 0 atom stereocenters. The van der Waals surface area contributed by atoms with E-state index in [-0.39, 0.29) is 0 Å². The molecule has 9 nitrogen and oxygen atoms in total. The highest BCUT2D eigenvalue weighted by atomic mass is 16.3. The molecule has 9 aromatic heterocycles. The Morgan fingerprint density at radius 2 is 0.399 bits per heavy atom. The molecule has 0 radical (unpaired) electrons. The SMILES string of the molecule is c1ccc(-c2ccc(-n3c4ccccc4c4cc5oc6ccccc6c5cc43)c3ccccc23)cc1.c1ccc(-c2ccc(-n3c4ccccc4c4cc5oc6ccccc6c5cc43)cc2)cc1.c1ccc(-c2ccc3ccc(-n4c5ccccc5c5cc6oc7ccccc7c6cc54)cc3c2)cc1.c1ccc(-n2c3ccccc3c3cc(-n4c5ccccc5c5cc6oc7ccccc7c6cc54)ccc32)cc1. The largest absolute Gasteiger partial charge is 0.456 e. The number of para-hydroxylation sites is 10. The van der Waals surface area contributed by atoms with E-state index in [9.17, 15) is 0 Å². The minimum atomic E-state index is 0.922. The van der Waals surface area contributed by atoms with Crippen LogP contribution in [0.15, 0.2) is 521 Å². The lowest BCUT2D eigenvalue weighted by Gasteiger charge is -2.15. The van der Waals surface area contributed by atoms with Crippen molar-refractivity contribution in [2.75, 3.05) is 0 Å². The molecule has 0 fully saturated rings. The van der Waals surface area contributed by atoms with Gasteiger partial charge in [0, 0.05) is 125 Å². The first-order chi connectivity index (χ1) is 70.9. The van der Waals surface area contributed by atoms with Crippen molar-refractivity contribution in [1.82, 2.24) is 22.8 Å². The number of furan rings is 4. The van der Waals surface area contributed by atoms with Gasteiger partial charge in [-0.1, -0.05) is 334 Å². The molecule has 0 saturated heterocycles. The molecule has 9 heteroatoms. The summed E-state index contributed by atoms with van der Waals surface area (Å²) in [7, 11) is 0. The first kappa shape index (κ1) is 81.0. The van der Waals surface area contributed by atoms with Gasteiger partial charge in [0.2, 0.25) is 0 Å². The third-order valence-corrected chi connectivity index (χ3v) is 29.3. The molecule has 0 aliphatic rings. The fourth-order valence-electron chi connectivity index (χ4n) is 22.8. The number of fused-ring (bicyclic) bond motifs is 29. The molecule has 0 spiro atoms. The Hall–Kier alpha value is -19.2. The molecule has 23 aromatic carbocycles. The summed E-state index contributed by atoms with van der Waals surface area (Å²) in [6.07, 6.45) is 0. The predicted octanol–water partition coefficient (Wildman–Crippen LogP) is 37.1. The van der Waals surface area contributed by atoms with Gasteiger partial charge in [-0.25, -0.2) is 0 Å². The maximum atomic E-state index is 6.26. The Morgan fingerprint density at radius 1 is 0.119 bits per heavy atom. The molecule has 0 N–H and O–H groups in total. The van der Waals surface area contributed by atoms with Gasteiger partial charge >= 0.3 is 0 Å². The fraction of sp³-hybridized carbons (Fsp3) is 0. The lowest BCUT2D eigenvalue weighted by atomic mass is 9.97. The Balaban J connectivity index is 0.0000000911. The van der Waals surface area contributed by atoms with Gasteiger partial charge in [0.25, 0.3) is 0 Å². The molecule has 0 unspecified atom stereocenters. The highest BCUT2D eigenvalue weighted by Gasteiger charge is 2.25. The van der Waals surface area contributed by atoms with Crippen LogP contribution < -0.4 is 0 Å². The summed E-state index contributed by atoms with van der Waals surface area (Å²) in [4.78, 5) is 0. The van der Waals surface area contributed by atoms with Crippen molar-refractivity contribution < 1.29 is 17.7 Å². The summed E-state index contributed by atoms with van der Waals surface area (Å²) in [6.45, 7) is 0. The number of benzene rings is 23. The van der Waals surface area contributed by atoms with Crippen molar-refractivity contribution in [3.8, 4) is 61.8 Å². The van der Waals surface area contributed by atoms with Crippen molar-refractivity contribution in [3.05, 3.63) is 504 Å². The van der Waals surface area contributed by atoms with E-state index >= 15 is 0 Å². The third-order valence-electron chi connectivity index (χ3n) is 29.3. The summed E-state index contributed by atoms with van der Waals surface area (Å²) in [5, 5.41) is 26.4. The molecule has 0 aliphatic heterocycles. The molecule has 143 heavy (non-hydrogen) atoms. The monoisotopic (exact) mass is 1830 g/mol. The van der Waals surface area contributed by atoms with E-state index in [0.717, 1.165) is 105 Å². The van der Waals surface area contributed by atoms with Crippen molar-refractivity contribution in [2.24, 2.45) is 0 Å². The molecule has 0 saturated carbocycles. The van der Waals surface area contributed by atoms with Gasteiger partial charge in [0.05, 0.1) is 60.9 Å². The molecule has 9 heterocycles. The van der Waals surface area contributed by atoms with Crippen LogP contribution in [0.25, 0.3) is 280 Å². The molecule has 0 bridgehead atoms. The first-order valence-electron chi connectivity index (χ1n) is 48.7. The second-order valence-electron chi connectivity index (χ2n) is 37.2. The number of hydrogen-bond acceptors (Lipinski definition) is 4. The second-order valence-corrected chi connectivity index (χ2v) is 37.2. The fourth-order valence-corrected chi connectivity index (χ4v) is 22.8. The van der Waals surface area contributed by atoms with Gasteiger partial charge in [-0.3, -0.25) is 0 Å². The van der Waals surface area contributed by atoms with Gasteiger partial charge in [-0.2, -0.15) is 0 Å². The van der Waals surface area contributed by atoms with E-state index in [1.807, 2.05) is 48.5 Å². The maximum Gasteiger partial charge on any atom is 0.136 e. The zero-order valence-corrected chi connectivity index (χ0v) is 77.3. The zero-order chi connectivity index (χ0) is 93.8. The van der Waals surface area contributed by atoms with Crippen LogP contribution in [-0.2, 0) is 0 Å². The van der Waals surface area contributed by atoms with Gasteiger partial charge in [0.15, 0.2) is 0 Å². The number of rotatable bonds is 8. The van der Waals surface area contributed by atoms with Gasteiger partial charge in [-0.05, 0) is 219 Å². The van der Waals surface area contributed by atoms with Crippen LogP contribution in [0.3, 0.4) is 0 Å². The number of nitrogens with zero attached hydrogens (tertiary/aromatic N) is 5. The van der Waals surface area contributed by atoms with Crippen LogP contribution in [0.4, 0.5) is 0 Å². The van der Waals surface area contributed by atoms with Crippen molar-refractivity contribution in [2.45, 2.75) is 0 Å². The standard InChI is InChI=1S/C36H22N2O.2C34H21NO.C30H19NO/c1-2-10-23(11-3-1)37-31-15-7-4-12-25(31)28-20-24(18-19-33(28)37)38-32-16-8-5-13-26(32)29-22-36-30(21-34(29)38)27-14-6-9-17-35(27)39-36;1-2-8-22(9-3-1)24-15-14-23-16-17-26(19-25(23)18-24)35-31-12-6-4-10-27(31)29-21-34-30(20-32(29)35)28-11-5-7-13-33(28)36-34;1-2-10-22(11-3-1)23-18-19-31(25-13-5-4-12-24(23)25)35-30-16-8-6-14-26(30)28-21-34-29(20-32(28)35)27-15-7-9-17-33(27)36-34;1-2-8-20(9-3-1)21-14-16-22(17-15-21)31-27-12-6-4-10-23(27)25-19-30-26(18-28(25)31)24-11-5-7-13-29(24)32-30/h1-22H;2*1-21H;1-19H. The smallest absolute Gasteiger partial charge is 0.136 e. The summed E-state index contributed by atoms with van der Waals surface area (Å²) < 4.78 is 36.9. The van der Waals surface area contributed by atoms with E-state index in [1.54, 1.807) is 0 Å². The Labute approximate surface area is 818 Å². The van der Waals surface area contributed by atoms with Crippen LogP contribution in [-0.4, -0.2) is 22.8 Å². The van der Waals surface area contributed by atoms with E-state index in [4.69, 9.17) is 17.7 Å². The molecule has 32 aromatic rings. The van der Waals surface area contributed by atoms with Crippen LogP contribution >= 0.6 is 0 Å². The van der Waals surface area contributed by atoms with E-state index in [1.165, 1.54) is 175 Å². The Morgan fingerprint density at radius 3 is 0.832 bits per heavy atom. The normalized spacial score (nSPS) is 11.9. The van der Waals surface area contributed by atoms with Crippen molar-refractivity contribution in [3.63, 3.8) is 0 Å². The second kappa shape index (κ2) is 32.8. The van der Waals surface area contributed by atoms with Crippen LogP contribution in [0, 0.1) is 0 Å². The Kier molecular flexibility index (Phi) is 18.6. The first-order valence-corrected chi connectivity index (χ1v) is 48.7. The molecule has 32 rings (SSSR count). The molecular formula is C134H83N5O4. The minimum Gasteiger partial charge on any atom is -0.456 e. The van der Waals surface area contributed by atoms with Gasteiger partial charge in [-0.15, -0.1) is 0 Å². The van der Waals surface area contributed by atoms with E-state index in [0.29, 0.717) is 0 Å². The summed E-state index contributed by atoms with van der Waals surface area (Å²) in [5.74, 6) is 0. The Bertz CT molecular complexity index is 10800. The summed E-state index contributed by atoms with van der Waals surface area (Å²) in [6, 6.07) is 179. The molecule has 668 valence electrons. The van der Waals surface area contributed by atoms with Crippen LogP contribution in [0.5, 0.6) is 0 Å². The number of hydrogen-bond donors (Lipinski definition) is 0. The third kappa shape index (κ3) is 13.2. The lowest BCUT2D eigenvalue weighted by Crippen LogP contribution is -1.96. The predicted molar refractivity (Wildman–Crippen MR) is 598 cm³/mol. The quantitative estimate of drug-likeness (QED) is 0.152. The number of aromatic nitrogens is 5. The zero-order valence-electron chi connectivity index (χ0n) is 77.3. The highest BCUT2D eigenvalue weighted by Crippen LogP contribution is 2.48. The lowest BCUT2D eigenvalue weighted by molar-refractivity contribution is 0.669. The molecule has 0 amide bonds. The molecule has 0 aliphatic carbocycles. The average Bonchev–Trinajstić information content (AvgIpc) is 1.57. The topological polar surface area (TPSA) is 77.2 Å².